The zero-order valence-electron chi connectivity index (χ0n) is 18.0. The van der Waals surface area contributed by atoms with Crippen LogP contribution in [0.25, 0.3) is 0 Å². The smallest absolute Gasteiger partial charge is 0.331 e. The van der Waals surface area contributed by atoms with E-state index in [9.17, 15) is 19.2 Å². The molecule has 0 spiro atoms. The van der Waals surface area contributed by atoms with Gasteiger partial charge in [-0.25, -0.2) is 4.79 Å². The summed E-state index contributed by atoms with van der Waals surface area (Å²) in [6, 6.07) is 17.2. The van der Waals surface area contributed by atoms with Crippen LogP contribution in [0, 0.1) is 0 Å². The molecule has 2 aromatic rings. The van der Waals surface area contributed by atoms with Crippen LogP contribution in [0.2, 0.25) is 0 Å². The highest BCUT2D eigenvalue weighted by molar-refractivity contribution is 8.01. The number of hydrogen-bond acceptors (Lipinski definition) is 6. The Bertz CT molecular complexity index is 1020. The lowest BCUT2D eigenvalue weighted by molar-refractivity contribution is -0.167. The highest BCUT2D eigenvalue weighted by atomic mass is 32.2. The summed E-state index contributed by atoms with van der Waals surface area (Å²) in [4.78, 5) is 50.8. The monoisotopic (exact) mass is 452 g/mol. The maximum absolute atomic E-state index is 13.4. The Morgan fingerprint density at radius 3 is 2.03 bits per heavy atom. The minimum atomic E-state index is -0.826. The van der Waals surface area contributed by atoms with E-state index in [1.54, 1.807) is 0 Å². The normalized spacial score (nSPS) is 23.3. The number of thioether (sulfide) groups is 1. The second-order valence-electron chi connectivity index (χ2n) is 8.41. The Morgan fingerprint density at radius 2 is 1.53 bits per heavy atom. The summed E-state index contributed by atoms with van der Waals surface area (Å²) in [6.45, 7) is 4.90. The first-order valence-electron chi connectivity index (χ1n) is 10.3. The van der Waals surface area contributed by atoms with Crippen LogP contribution in [-0.2, 0) is 23.9 Å². The van der Waals surface area contributed by atoms with Crippen LogP contribution in [0.1, 0.15) is 38.0 Å². The fourth-order valence-electron chi connectivity index (χ4n) is 4.13. The number of ketones is 1. The molecule has 2 amide bonds. The molecule has 0 unspecified atom stereocenters. The second-order valence-corrected chi connectivity index (χ2v) is 10.2. The number of fused-ring (bicyclic) bond motifs is 1. The van der Waals surface area contributed by atoms with Crippen LogP contribution in [-0.4, -0.2) is 50.7 Å². The molecule has 2 fully saturated rings. The van der Waals surface area contributed by atoms with E-state index < -0.39 is 46.0 Å². The molecule has 0 saturated carbocycles. The van der Waals surface area contributed by atoms with Crippen molar-refractivity contribution in [1.29, 1.82) is 0 Å². The number of carbonyl (C=O) groups is 4. The summed E-state index contributed by atoms with van der Waals surface area (Å²) in [5, 5.41) is 2.05. The number of Topliss-reactive ketones (excluding diaryl/α,β-unsaturated/α-hetero) is 1. The average Bonchev–Trinajstić information content (AvgIpc) is 3.04. The van der Waals surface area contributed by atoms with Crippen molar-refractivity contribution in [3.63, 3.8) is 0 Å². The molecule has 2 heterocycles. The first-order chi connectivity index (χ1) is 15.2. The van der Waals surface area contributed by atoms with E-state index in [1.807, 2.05) is 74.5 Å². The van der Waals surface area contributed by atoms with Gasteiger partial charge in [-0.15, -0.1) is 11.8 Å². The summed E-state index contributed by atoms with van der Waals surface area (Å²) in [7, 11) is 0. The fourth-order valence-corrected chi connectivity index (χ4v) is 5.75. The zero-order chi connectivity index (χ0) is 23.0. The predicted molar refractivity (Wildman–Crippen MR) is 120 cm³/mol. The molecule has 0 radical (unpaired) electrons. The largest absolute Gasteiger partial charge is 0.451 e. The highest BCUT2D eigenvalue weighted by Gasteiger charge is 2.64. The van der Waals surface area contributed by atoms with E-state index in [0.29, 0.717) is 0 Å². The van der Waals surface area contributed by atoms with E-state index in [0.717, 1.165) is 18.1 Å². The van der Waals surface area contributed by atoms with Crippen LogP contribution < -0.4 is 5.32 Å². The number of benzene rings is 2. The van der Waals surface area contributed by atoms with E-state index in [1.165, 1.54) is 16.7 Å². The SMILES string of the molecule is CC(=O)C(=O)N[C@@H]1C(=O)N2[C@@H]1SC(C)(C)[C@@H]2C(=O)OC(c1ccccc1)c1ccccc1. The molecular weight excluding hydrogens is 428 g/mol. The van der Waals surface area contributed by atoms with E-state index in [4.69, 9.17) is 4.74 Å². The van der Waals surface area contributed by atoms with Crippen molar-refractivity contribution < 1.29 is 23.9 Å². The molecule has 0 bridgehead atoms. The van der Waals surface area contributed by atoms with Crippen molar-refractivity contribution in [1.82, 2.24) is 10.2 Å². The Morgan fingerprint density at radius 1 is 1.00 bits per heavy atom. The molecule has 8 heteroatoms. The van der Waals surface area contributed by atoms with Gasteiger partial charge in [-0.05, 0) is 25.0 Å². The number of ether oxygens (including phenoxy) is 1. The van der Waals surface area contributed by atoms with Crippen LogP contribution in [0.4, 0.5) is 0 Å². The van der Waals surface area contributed by atoms with E-state index in [2.05, 4.69) is 5.32 Å². The molecule has 2 saturated heterocycles. The van der Waals surface area contributed by atoms with Gasteiger partial charge in [0.25, 0.3) is 5.91 Å². The highest BCUT2D eigenvalue weighted by Crippen LogP contribution is 2.51. The second kappa shape index (κ2) is 8.43. The Kier molecular flexibility index (Phi) is 5.81. The third-order valence-corrected chi connectivity index (χ3v) is 7.28. The van der Waals surface area contributed by atoms with Crippen molar-refractivity contribution in [2.45, 2.75) is 49.1 Å². The summed E-state index contributed by atoms with van der Waals surface area (Å²) in [5.41, 5.74) is 1.65. The third-order valence-electron chi connectivity index (χ3n) is 5.71. The van der Waals surface area contributed by atoms with E-state index in [-0.39, 0.29) is 5.91 Å². The van der Waals surface area contributed by atoms with Gasteiger partial charge in [0.2, 0.25) is 11.7 Å². The van der Waals surface area contributed by atoms with Crippen molar-refractivity contribution in [2.24, 2.45) is 0 Å². The average molecular weight is 453 g/mol. The summed E-state index contributed by atoms with van der Waals surface area (Å²) in [6.07, 6.45) is -0.616. The van der Waals surface area contributed by atoms with Crippen LogP contribution in [0.3, 0.4) is 0 Å². The number of nitrogens with zero attached hydrogens (tertiary/aromatic N) is 1. The number of carbonyl (C=O) groups excluding carboxylic acids is 4. The molecule has 32 heavy (non-hydrogen) atoms. The van der Waals surface area contributed by atoms with Gasteiger partial charge in [-0.3, -0.25) is 14.4 Å². The first kappa shape index (κ1) is 22.1. The number of esters is 1. The molecule has 166 valence electrons. The van der Waals surface area contributed by atoms with Crippen molar-refractivity contribution in [2.75, 3.05) is 0 Å². The molecule has 4 rings (SSSR count). The number of β-lactam (4-membered cyclic amide) rings is 1. The summed E-state index contributed by atoms with van der Waals surface area (Å²) >= 11 is 1.42. The maximum atomic E-state index is 13.4. The third kappa shape index (κ3) is 3.90. The number of rotatable bonds is 6. The van der Waals surface area contributed by atoms with Gasteiger partial charge < -0.3 is 15.0 Å². The van der Waals surface area contributed by atoms with E-state index >= 15 is 0 Å². The minimum absolute atomic E-state index is 0.388. The van der Waals surface area contributed by atoms with Gasteiger partial charge in [-0.1, -0.05) is 60.7 Å². The van der Waals surface area contributed by atoms with Crippen LogP contribution in [0.15, 0.2) is 60.7 Å². The topological polar surface area (TPSA) is 92.8 Å². The first-order valence-corrected chi connectivity index (χ1v) is 11.2. The Balaban J connectivity index is 1.57. The van der Waals surface area contributed by atoms with Gasteiger partial charge >= 0.3 is 5.97 Å². The van der Waals surface area contributed by atoms with Crippen molar-refractivity contribution in [3.8, 4) is 0 Å². The molecule has 0 aromatic heterocycles. The lowest BCUT2D eigenvalue weighted by Crippen LogP contribution is -2.71. The molecule has 2 aromatic carbocycles. The lowest BCUT2D eigenvalue weighted by Gasteiger charge is -2.44. The number of hydrogen-bond donors (Lipinski definition) is 1. The standard InChI is InChI=1S/C24H24N2O5S/c1-14(27)20(28)25-17-21(29)26-19(24(2,3)32-22(17)26)23(30)31-18(15-10-6-4-7-11-15)16-12-8-5-9-13-16/h4-13,17-19,22H,1-3H3,(H,25,28)/t17-,19+,22-/m1/s1. The predicted octanol–water partition coefficient (Wildman–Crippen LogP) is 2.46. The van der Waals surface area contributed by atoms with Gasteiger partial charge in [0.15, 0.2) is 6.10 Å². The Labute approximate surface area is 190 Å². The maximum Gasteiger partial charge on any atom is 0.331 e. The number of amides is 2. The van der Waals surface area contributed by atoms with Crippen molar-refractivity contribution >= 4 is 35.3 Å². The van der Waals surface area contributed by atoms with Crippen LogP contribution in [0.5, 0.6) is 0 Å². The van der Waals surface area contributed by atoms with Crippen molar-refractivity contribution in [3.05, 3.63) is 71.8 Å². The van der Waals surface area contributed by atoms with Gasteiger partial charge in [0, 0.05) is 11.7 Å². The zero-order valence-corrected chi connectivity index (χ0v) is 18.8. The van der Waals surface area contributed by atoms with Gasteiger partial charge in [0.1, 0.15) is 17.5 Å². The molecule has 0 aliphatic carbocycles. The molecule has 1 N–H and O–H groups in total. The minimum Gasteiger partial charge on any atom is -0.451 e. The number of nitrogens with one attached hydrogen (secondary N) is 1. The lowest BCUT2D eigenvalue weighted by atomic mass is 9.95. The summed E-state index contributed by atoms with van der Waals surface area (Å²) in [5.74, 6) is -2.36. The van der Waals surface area contributed by atoms with Crippen LogP contribution >= 0.6 is 11.8 Å². The van der Waals surface area contributed by atoms with Gasteiger partial charge in [-0.2, -0.15) is 0 Å². The molecular formula is C24H24N2O5S. The molecule has 7 nitrogen and oxygen atoms in total. The summed E-state index contributed by atoms with van der Waals surface area (Å²) < 4.78 is 5.38. The molecule has 2 aliphatic heterocycles. The molecule has 3 atom stereocenters. The fraction of sp³-hybridized carbons (Fsp3) is 0.333. The Hall–Kier alpha value is -3.13. The molecule has 2 aliphatic rings. The quantitative estimate of drug-likeness (QED) is 0.411. The van der Waals surface area contributed by atoms with Gasteiger partial charge in [0.05, 0.1) is 0 Å².